The van der Waals surface area contributed by atoms with Crippen LogP contribution in [0.1, 0.15) is 79.3 Å². The standard InChI is InChI=1S/C23H26N2O2S.C3H8/c1-3-4-7-22-24-15-20(13-17(2)14-21-6-5-12-28-21)25(22)16-18-8-10-19(11-9-18)23(26)27;1-3-2/h5-6,8-13,15H,3-4,7,14,16H2,1-2H3,(H,26,27);3H2,1-2H3/b17-13-;. The number of carboxylic acid groups (broad SMARTS) is 1. The Hall–Kier alpha value is -2.66. The fraction of sp³-hybridized carbons (Fsp3) is 0.385. The van der Waals surface area contributed by atoms with E-state index in [2.05, 4.69) is 60.8 Å². The maximum absolute atomic E-state index is 11.1. The van der Waals surface area contributed by atoms with E-state index in [1.807, 2.05) is 18.3 Å². The summed E-state index contributed by atoms with van der Waals surface area (Å²) in [5, 5.41) is 11.2. The third kappa shape index (κ3) is 7.83. The van der Waals surface area contributed by atoms with Crippen molar-refractivity contribution in [3.8, 4) is 0 Å². The van der Waals surface area contributed by atoms with Crippen LogP contribution in [-0.4, -0.2) is 20.6 Å². The van der Waals surface area contributed by atoms with Crippen molar-refractivity contribution in [2.75, 3.05) is 0 Å². The molecule has 0 bridgehead atoms. The minimum absolute atomic E-state index is 0.312. The van der Waals surface area contributed by atoms with Gasteiger partial charge in [-0.15, -0.1) is 11.3 Å². The van der Waals surface area contributed by atoms with Crippen molar-refractivity contribution in [3.05, 3.63) is 81.1 Å². The molecule has 1 N–H and O–H groups in total. The molecule has 5 heteroatoms. The second kappa shape index (κ2) is 12.9. The summed E-state index contributed by atoms with van der Waals surface area (Å²) in [5.41, 5.74) is 3.79. The smallest absolute Gasteiger partial charge is 0.335 e. The summed E-state index contributed by atoms with van der Waals surface area (Å²) in [7, 11) is 0. The summed E-state index contributed by atoms with van der Waals surface area (Å²) < 4.78 is 2.25. The number of carbonyl (C=O) groups is 1. The van der Waals surface area contributed by atoms with Gasteiger partial charge in [-0.1, -0.05) is 57.4 Å². The molecule has 166 valence electrons. The first-order chi connectivity index (χ1) is 15.0. The van der Waals surface area contributed by atoms with Gasteiger partial charge in [-0.25, -0.2) is 9.78 Å². The lowest BCUT2D eigenvalue weighted by molar-refractivity contribution is 0.0697. The van der Waals surface area contributed by atoms with E-state index in [1.54, 1.807) is 23.5 Å². The monoisotopic (exact) mass is 438 g/mol. The summed E-state index contributed by atoms with van der Waals surface area (Å²) in [5.74, 6) is 0.185. The van der Waals surface area contributed by atoms with Crippen LogP contribution in [-0.2, 0) is 19.4 Å². The number of aromatic nitrogens is 2. The van der Waals surface area contributed by atoms with E-state index in [-0.39, 0.29) is 0 Å². The summed E-state index contributed by atoms with van der Waals surface area (Å²) >= 11 is 1.78. The molecule has 0 fully saturated rings. The molecule has 0 saturated heterocycles. The molecule has 4 nitrogen and oxygen atoms in total. The van der Waals surface area contributed by atoms with Crippen LogP contribution in [0.2, 0.25) is 0 Å². The molecule has 0 spiro atoms. The van der Waals surface area contributed by atoms with Crippen molar-refractivity contribution in [1.29, 1.82) is 0 Å². The first-order valence-electron chi connectivity index (χ1n) is 11.0. The molecule has 0 aliphatic rings. The molecule has 0 unspecified atom stereocenters. The van der Waals surface area contributed by atoms with Crippen LogP contribution in [0.5, 0.6) is 0 Å². The second-order valence-corrected chi connectivity index (χ2v) is 8.78. The number of carboxylic acids is 1. The van der Waals surface area contributed by atoms with Crippen molar-refractivity contribution in [2.45, 2.75) is 66.3 Å². The van der Waals surface area contributed by atoms with Gasteiger partial charge in [0.25, 0.3) is 0 Å². The van der Waals surface area contributed by atoms with Crippen LogP contribution in [0.15, 0.2) is 53.5 Å². The number of unbranched alkanes of at least 4 members (excludes halogenated alkanes) is 1. The van der Waals surface area contributed by atoms with E-state index in [0.717, 1.165) is 42.8 Å². The Kier molecular flexibility index (Phi) is 10.2. The Labute approximate surface area is 190 Å². The van der Waals surface area contributed by atoms with E-state index >= 15 is 0 Å². The maximum atomic E-state index is 11.1. The Morgan fingerprint density at radius 2 is 1.87 bits per heavy atom. The second-order valence-electron chi connectivity index (χ2n) is 7.75. The highest BCUT2D eigenvalue weighted by molar-refractivity contribution is 7.09. The van der Waals surface area contributed by atoms with Gasteiger partial charge in [0.2, 0.25) is 0 Å². The fourth-order valence-corrected chi connectivity index (χ4v) is 3.99. The number of aryl methyl sites for hydroxylation is 1. The number of imidazole rings is 1. The third-order valence-electron chi connectivity index (χ3n) is 4.69. The quantitative estimate of drug-likeness (QED) is 0.388. The molecule has 2 heterocycles. The van der Waals surface area contributed by atoms with Crippen molar-refractivity contribution in [3.63, 3.8) is 0 Å². The predicted octanol–water partition coefficient (Wildman–Crippen LogP) is 7.10. The van der Waals surface area contributed by atoms with Crippen molar-refractivity contribution >= 4 is 23.4 Å². The molecule has 31 heavy (non-hydrogen) atoms. The van der Waals surface area contributed by atoms with Crippen LogP contribution in [0.3, 0.4) is 0 Å². The number of benzene rings is 1. The summed E-state index contributed by atoms with van der Waals surface area (Å²) in [6.45, 7) is 9.28. The number of hydrogen-bond acceptors (Lipinski definition) is 3. The van der Waals surface area contributed by atoms with Gasteiger partial charge >= 0.3 is 5.97 Å². The highest BCUT2D eigenvalue weighted by Gasteiger charge is 2.10. The molecule has 2 aromatic heterocycles. The predicted molar refractivity (Wildman–Crippen MR) is 131 cm³/mol. The zero-order chi connectivity index (χ0) is 22.6. The van der Waals surface area contributed by atoms with Gasteiger partial charge in [0.1, 0.15) is 5.82 Å². The summed E-state index contributed by atoms with van der Waals surface area (Å²) in [6.07, 6.45) is 9.54. The number of nitrogens with zero attached hydrogens (tertiary/aromatic N) is 2. The molecule has 0 atom stereocenters. The van der Waals surface area contributed by atoms with Gasteiger partial charge in [0, 0.05) is 24.3 Å². The number of hydrogen-bond donors (Lipinski definition) is 1. The minimum Gasteiger partial charge on any atom is -0.478 e. The van der Waals surface area contributed by atoms with Crippen LogP contribution in [0.4, 0.5) is 0 Å². The van der Waals surface area contributed by atoms with Gasteiger partial charge < -0.3 is 9.67 Å². The zero-order valence-electron chi connectivity index (χ0n) is 19.1. The topological polar surface area (TPSA) is 55.1 Å². The van der Waals surface area contributed by atoms with Gasteiger partial charge in [-0.3, -0.25) is 0 Å². The van der Waals surface area contributed by atoms with Crippen LogP contribution >= 0.6 is 11.3 Å². The van der Waals surface area contributed by atoms with Gasteiger partial charge in [-0.2, -0.15) is 0 Å². The Morgan fingerprint density at radius 1 is 1.16 bits per heavy atom. The van der Waals surface area contributed by atoms with E-state index in [4.69, 9.17) is 5.11 Å². The molecule has 0 radical (unpaired) electrons. The maximum Gasteiger partial charge on any atom is 0.335 e. The van der Waals surface area contributed by atoms with E-state index < -0.39 is 5.97 Å². The molecule has 3 aromatic rings. The molecular weight excluding hydrogens is 404 g/mol. The number of aromatic carboxylic acids is 1. The normalized spacial score (nSPS) is 11.2. The lowest BCUT2D eigenvalue weighted by Crippen LogP contribution is -2.08. The average Bonchev–Trinajstić information content (AvgIpc) is 3.38. The van der Waals surface area contributed by atoms with Crippen LogP contribution in [0.25, 0.3) is 6.08 Å². The third-order valence-corrected chi connectivity index (χ3v) is 5.57. The van der Waals surface area contributed by atoms with Gasteiger partial charge in [0.05, 0.1) is 17.5 Å². The number of allylic oxidation sites excluding steroid dienone is 1. The SMILES string of the molecule is CCC.CCCCc1ncc(/C=C(/C)Cc2cccs2)n1Cc1ccc(C(=O)O)cc1. The zero-order valence-corrected chi connectivity index (χ0v) is 19.9. The van der Waals surface area contributed by atoms with Crippen molar-refractivity contribution < 1.29 is 9.90 Å². The van der Waals surface area contributed by atoms with Crippen molar-refractivity contribution in [1.82, 2.24) is 9.55 Å². The van der Waals surface area contributed by atoms with Gasteiger partial charge in [0.15, 0.2) is 0 Å². The Bertz CT molecular complexity index is 954. The molecule has 0 saturated carbocycles. The number of rotatable bonds is 9. The molecule has 1 aromatic carbocycles. The Balaban J connectivity index is 0.00000107. The lowest BCUT2D eigenvalue weighted by atomic mass is 10.1. The van der Waals surface area contributed by atoms with E-state index in [1.165, 1.54) is 16.9 Å². The molecule has 3 rings (SSSR count). The Morgan fingerprint density at radius 3 is 2.45 bits per heavy atom. The largest absolute Gasteiger partial charge is 0.478 e. The highest BCUT2D eigenvalue weighted by Crippen LogP contribution is 2.19. The average molecular weight is 439 g/mol. The van der Waals surface area contributed by atoms with Crippen LogP contribution < -0.4 is 0 Å². The fourth-order valence-electron chi connectivity index (χ4n) is 3.19. The molecule has 0 aliphatic carbocycles. The molecular formula is C26H34N2O2S. The summed E-state index contributed by atoms with van der Waals surface area (Å²) in [4.78, 5) is 17.1. The van der Waals surface area contributed by atoms with Crippen LogP contribution in [0, 0.1) is 0 Å². The first kappa shape index (κ1) is 24.6. The highest BCUT2D eigenvalue weighted by atomic mass is 32.1. The molecule has 0 amide bonds. The van der Waals surface area contributed by atoms with Gasteiger partial charge in [-0.05, 0) is 48.6 Å². The lowest BCUT2D eigenvalue weighted by Gasteiger charge is -2.12. The first-order valence-corrected chi connectivity index (χ1v) is 11.9. The van der Waals surface area contributed by atoms with Crippen molar-refractivity contribution in [2.24, 2.45) is 0 Å². The number of thiophene rings is 1. The van der Waals surface area contributed by atoms with E-state index in [9.17, 15) is 4.79 Å². The molecule has 0 aliphatic heterocycles. The summed E-state index contributed by atoms with van der Waals surface area (Å²) in [6, 6.07) is 11.4. The van der Waals surface area contributed by atoms with E-state index in [0.29, 0.717) is 12.1 Å². The minimum atomic E-state index is -0.898.